The molecule has 0 unspecified atom stereocenters. The van der Waals surface area contributed by atoms with Crippen LogP contribution in [0.5, 0.6) is 5.75 Å². The molecule has 198 valence electrons. The first-order valence-corrected chi connectivity index (χ1v) is 14.5. The summed E-state index contributed by atoms with van der Waals surface area (Å²) in [6, 6.07) is 13.1. The van der Waals surface area contributed by atoms with Crippen molar-refractivity contribution < 1.29 is 14.3 Å². The summed E-state index contributed by atoms with van der Waals surface area (Å²) in [6.45, 7) is 6.16. The van der Waals surface area contributed by atoms with Gasteiger partial charge in [-0.25, -0.2) is 0 Å². The number of rotatable bonds is 11. The van der Waals surface area contributed by atoms with Gasteiger partial charge in [0.2, 0.25) is 11.0 Å². The first-order chi connectivity index (χ1) is 18.4. The van der Waals surface area contributed by atoms with E-state index in [1.807, 2.05) is 43.5 Å². The van der Waals surface area contributed by atoms with Crippen LogP contribution < -0.4 is 15.4 Å². The lowest BCUT2D eigenvalue weighted by Crippen LogP contribution is -2.25. The highest BCUT2D eigenvalue weighted by atomic mass is 32.2. The number of anilines is 1. The van der Waals surface area contributed by atoms with Gasteiger partial charge in [0.05, 0.1) is 30.7 Å². The summed E-state index contributed by atoms with van der Waals surface area (Å²) in [5, 5.41) is 23.5. The number of aryl methyl sites for hydroxylation is 2. The van der Waals surface area contributed by atoms with Crippen LogP contribution in [0.25, 0.3) is 5.69 Å². The first kappa shape index (κ1) is 27.6. The number of nitrogens with zero attached hydrogens (tertiary/aromatic N) is 5. The first-order valence-electron chi connectivity index (χ1n) is 11.7. The van der Waals surface area contributed by atoms with Crippen LogP contribution in [-0.2, 0) is 11.3 Å². The lowest BCUT2D eigenvalue weighted by Gasteiger charge is -2.14. The topological polar surface area (TPSA) is 124 Å². The highest BCUT2D eigenvalue weighted by Gasteiger charge is 2.20. The van der Waals surface area contributed by atoms with E-state index in [1.54, 1.807) is 36.0 Å². The van der Waals surface area contributed by atoms with Gasteiger partial charge in [-0.15, -0.1) is 20.4 Å². The molecule has 0 spiro atoms. The number of ether oxygens (including phenoxy) is 1. The number of hydrogen-bond acceptors (Lipinski definition) is 10. The smallest absolute Gasteiger partial charge is 0.255 e. The van der Waals surface area contributed by atoms with Crippen molar-refractivity contribution in [2.45, 2.75) is 36.8 Å². The zero-order valence-electron chi connectivity index (χ0n) is 21.3. The van der Waals surface area contributed by atoms with Crippen molar-refractivity contribution in [1.82, 2.24) is 30.3 Å². The minimum atomic E-state index is -0.288. The average Bonchev–Trinajstić information content (AvgIpc) is 3.54. The Balaban J connectivity index is 1.53. The molecule has 0 aliphatic carbocycles. The number of aromatic nitrogens is 5. The molecular formula is C25H27N7O3S3. The van der Waals surface area contributed by atoms with Crippen LogP contribution in [0.4, 0.5) is 5.13 Å². The summed E-state index contributed by atoms with van der Waals surface area (Å²) < 4.78 is 8.00. The van der Waals surface area contributed by atoms with Crippen LogP contribution in [-0.4, -0.2) is 55.4 Å². The van der Waals surface area contributed by atoms with Crippen LogP contribution in [0.3, 0.4) is 0 Å². The summed E-state index contributed by atoms with van der Waals surface area (Å²) in [4.78, 5) is 25.5. The fourth-order valence-electron chi connectivity index (χ4n) is 3.52. The Morgan fingerprint density at radius 1 is 1.05 bits per heavy atom. The van der Waals surface area contributed by atoms with E-state index in [1.165, 1.54) is 30.2 Å². The summed E-state index contributed by atoms with van der Waals surface area (Å²) in [5.74, 6) is 1.50. The van der Waals surface area contributed by atoms with Crippen LogP contribution in [0.15, 0.2) is 52.0 Å². The quantitative estimate of drug-likeness (QED) is 0.198. The number of carbonyl (C=O) groups is 2. The molecule has 0 fully saturated rings. The molecule has 2 aromatic heterocycles. The minimum absolute atomic E-state index is 0.104. The van der Waals surface area contributed by atoms with Gasteiger partial charge < -0.3 is 10.1 Å². The molecule has 0 saturated carbocycles. The largest absolute Gasteiger partial charge is 0.496 e. The van der Waals surface area contributed by atoms with Crippen molar-refractivity contribution in [3.05, 3.63) is 65.0 Å². The van der Waals surface area contributed by atoms with E-state index in [9.17, 15) is 9.59 Å². The van der Waals surface area contributed by atoms with E-state index in [0.29, 0.717) is 27.4 Å². The van der Waals surface area contributed by atoms with Crippen molar-refractivity contribution in [3.8, 4) is 11.4 Å². The molecule has 2 aromatic carbocycles. The summed E-state index contributed by atoms with van der Waals surface area (Å²) in [7, 11) is 1.52. The third kappa shape index (κ3) is 6.71. The van der Waals surface area contributed by atoms with Crippen LogP contribution in [0, 0.1) is 13.8 Å². The third-order valence-electron chi connectivity index (χ3n) is 5.32. The van der Waals surface area contributed by atoms with E-state index in [0.717, 1.165) is 26.9 Å². The number of benzene rings is 2. The summed E-state index contributed by atoms with van der Waals surface area (Å²) in [6.07, 6.45) is 0. The van der Waals surface area contributed by atoms with Crippen molar-refractivity contribution in [2.24, 2.45) is 0 Å². The molecule has 0 aliphatic heterocycles. The summed E-state index contributed by atoms with van der Waals surface area (Å²) in [5.41, 5.74) is 3.38. The maximum atomic E-state index is 12.9. The lowest BCUT2D eigenvalue weighted by molar-refractivity contribution is -0.113. The predicted octanol–water partition coefficient (Wildman–Crippen LogP) is 4.52. The number of para-hydroxylation sites is 1. The Hall–Kier alpha value is -3.42. The van der Waals surface area contributed by atoms with Gasteiger partial charge in [0, 0.05) is 0 Å². The van der Waals surface area contributed by atoms with Crippen LogP contribution >= 0.6 is 34.9 Å². The molecule has 2 N–H and O–H groups in total. The molecule has 2 heterocycles. The second-order valence-corrected chi connectivity index (χ2v) is 11.5. The number of hydrogen-bond donors (Lipinski definition) is 2. The van der Waals surface area contributed by atoms with Crippen molar-refractivity contribution in [1.29, 1.82) is 0 Å². The van der Waals surface area contributed by atoms with Crippen molar-refractivity contribution in [2.75, 3.05) is 23.9 Å². The second-order valence-electron chi connectivity index (χ2n) is 8.05. The third-order valence-corrected chi connectivity index (χ3v) is 8.10. The SMILES string of the molecule is CCSc1nnc(NC(=O)CSc2nnc(CNC(=O)c3ccccc3OC)n2-c2cc(C)ccc2C)s1. The molecule has 4 rings (SSSR count). The maximum absolute atomic E-state index is 12.9. The summed E-state index contributed by atoms with van der Waals surface area (Å²) >= 11 is 4.17. The van der Waals surface area contributed by atoms with E-state index >= 15 is 0 Å². The number of nitrogens with one attached hydrogen (secondary N) is 2. The van der Waals surface area contributed by atoms with Gasteiger partial charge in [-0.3, -0.25) is 19.5 Å². The number of amides is 2. The van der Waals surface area contributed by atoms with Gasteiger partial charge in [-0.05, 0) is 48.9 Å². The molecule has 0 saturated heterocycles. The van der Waals surface area contributed by atoms with Gasteiger partial charge in [0.1, 0.15) is 5.75 Å². The standard InChI is InChI=1S/C25H27N7O3S3/c1-5-36-25-31-29-23(38-25)27-21(33)14-37-24-30-28-20(32(24)18-12-15(2)10-11-16(18)3)13-26-22(34)17-8-6-7-9-19(17)35-4/h6-12H,5,13-14H2,1-4H3,(H,26,34)(H,27,29,33). The van der Waals surface area contributed by atoms with Gasteiger partial charge >= 0.3 is 0 Å². The molecule has 13 heteroatoms. The zero-order valence-corrected chi connectivity index (χ0v) is 23.8. The molecular weight excluding hydrogens is 543 g/mol. The molecule has 0 atom stereocenters. The van der Waals surface area contributed by atoms with E-state index in [2.05, 4.69) is 31.0 Å². The van der Waals surface area contributed by atoms with Gasteiger partial charge in [0.15, 0.2) is 15.3 Å². The molecule has 4 aromatic rings. The van der Waals surface area contributed by atoms with Gasteiger partial charge in [-0.1, -0.05) is 66.0 Å². The Labute approximate surface area is 233 Å². The Morgan fingerprint density at radius 3 is 2.66 bits per heavy atom. The zero-order chi connectivity index (χ0) is 27.1. The van der Waals surface area contributed by atoms with Crippen LogP contribution in [0.2, 0.25) is 0 Å². The Bertz CT molecular complexity index is 1440. The monoisotopic (exact) mass is 569 g/mol. The number of thioether (sulfide) groups is 2. The molecule has 10 nitrogen and oxygen atoms in total. The fourth-order valence-corrected chi connectivity index (χ4v) is 5.95. The second kappa shape index (κ2) is 12.9. The lowest BCUT2D eigenvalue weighted by atomic mass is 10.1. The van der Waals surface area contributed by atoms with Crippen LogP contribution in [0.1, 0.15) is 34.2 Å². The predicted molar refractivity (Wildman–Crippen MR) is 151 cm³/mol. The molecule has 38 heavy (non-hydrogen) atoms. The molecule has 0 bridgehead atoms. The van der Waals surface area contributed by atoms with Crippen molar-refractivity contribution in [3.63, 3.8) is 0 Å². The van der Waals surface area contributed by atoms with E-state index in [4.69, 9.17) is 4.74 Å². The fraction of sp³-hybridized carbons (Fsp3) is 0.280. The number of carbonyl (C=O) groups excluding carboxylic acids is 2. The van der Waals surface area contributed by atoms with Crippen molar-refractivity contribution >= 4 is 51.8 Å². The maximum Gasteiger partial charge on any atom is 0.255 e. The van der Waals surface area contributed by atoms with Gasteiger partial charge in [0.25, 0.3) is 5.91 Å². The molecule has 0 aliphatic rings. The molecule has 0 radical (unpaired) electrons. The Kier molecular flexibility index (Phi) is 9.37. The average molecular weight is 570 g/mol. The Morgan fingerprint density at radius 2 is 1.87 bits per heavy atom. The minimum Gasteiger partial charge on any atom is -0.496 e. The highest BCUT2D eigenvalue weighted by Crippen LogP contribution is 2.27. The molecule has 2 amide bonds. The van der Waals surface area contributed by atoms with E-state index in [-0.39, 0.29) is 24.1 Å². The normalized spacial score (nSPS) is 10.8. The highest BCUT2D eigenvalue weighted by molar-refractivity contribution is 8.01. The van der Waals surface area contributed by atoms with E-state index < -0.39 is 0 Å². The van der Waals surface area contributed by atoms with Gasteiger partial charge in [-0.2, -0.15) is 0 Å². The number of methoxy groups -OCH3 is 1.